The number of methoxy groups -OCH3 is 1. The Balaban J connectivity index is 1.18. The van der Waals surface area contributed by atoms with Crippen molar-refractivity contribution in [3.8, 4) is 5.75 Å². The van der Waals surface area contributed by atoms with Gasteiger partial charge in [-0.3, -0.25) is 9.63 Å². The topological polar surface area (TPSA) is 107 Å². The summed E-state index contributed by atoms with van der Waals surface area (Å²) in [6, 6.07) is 10.1. The summed E-state index contributed by atoms with van der Waals surface area (Å²) in [5.41, 5.74) is 2.51. The Kier molecular flexibility index (Phi) is 10.9. The summed E-state index contributed by atoms with van der Waals surface area (Å²) < 4.78 is 33.9. The number of rotatable bonds is 11. The molecule has 3 aliphatic heterocycles. The Hall–Kier alpha value is -4.33. The molecular formula is C36H46F2N8O3. The second-order valence-electron chi connectivity index (χ2n) is 13.1. The third kappa shape index (κ3) is 8.28. The lowest BCUT2D eigenvalue weighted by Gasteiger charge is -2.40. The number of hydrogen-bond donors (Lipinski definition) is 3. The lowest BCUT2D eigenvalue weighted by Crippen LogP contribution is -2.50. The summed E-state index contributed by atoms with van der Waals surface area (Å²) in [4.78, 5) is 32.0. The fourth-order valence-electron chi connectivity index (χ4n) is 7.02. The van der Waals surface area contributed by atoms with Gasteiger partial charge in [-0.05, 0) is 82.5 Å². The van der Waals surface area contributed by atoms with E-state index in [9.17, 15) is 13.6 Å². The molecule has 3 aliphatic rings. The zero-order valence-electron chi connectivity index (χ0n) is 28.4. The number of amides is 1. The van der Waals surface area contributed by atoms with E-state index in [1.54, 1.807) is 18.2 Å². The molecule has 2 aromatic carbocycles. The van der Waals surface area contributed by atoms with E-state index in [0.29, 0.717) is 65.5 Å². The number of anilines is 5. The molecule has 0 saturated carbocycles. The first-order valence-electron chi connectivity index (χ1n) is 17.1. The molecule has 262 valence electrons. The van der Waals surface area contributed by atoms with Gasteiger partial charge in [-0.15, -0.1) is 0 Å². The number of carbonyl (C=O) groups excluding carboxylic acids is 1. The van der Waals surface area contributed by atoms with Crippen LogP contribution in [0, 0.1) is 11.6 Å². The number of benzene rings is 2. The smallest absolute Gasteiger partial charge is 0.247 e. The van der Waals surface area contributed by atoms with E-state index < -0.39 is 17.7 Å². The van der Waals surface area contributed by atoms with E-state index >= 15 is 0 Å². The number of aromatic nitrogens is 2. The zero-order chi connectivity index (χ0) is 34.5. The number of hydrogen-bond acceptors (Lipinski definition) is 10. The molecule has 1 amide bonds. The van der Waals surface area contributed by atoms with Gasteiger partial charge in [-0.2, -0.15) is 0 Å². The average Bonchev–Trinajstić information content (AvgIpc) is 3.59. The van der Waals surface area contributed by atoms with E-state index in [2.05, 4.69) is 56.1 Å². The van der Waals surface area contributed by atoms with Crippen LogP contribution in [0.4, 0.5) is 37.5 Å². The summed E-state index contributed by atoms with van der Waals surface area (Å²) in [6.45, 7) is 12.5. The van der Waals surface area contributed by atoms with Gasteiger partial charge >= 0.3 is 0 Å². The Morgan fingerprint density at radius 1 is 0.959 bits per heavy atom. The normalized spacial score (nSPS) is 19.3. The van der Waals surface area contributed by atoms with Gasteiger partial charge in [0.15, 0.2) is 5.82 Å². The lowest BCUT2D eigenvalue weighted by molar-refractivity contribution is -0.111. The van der Waals surface area contributed by atoms with Crippen molar-refractivity contribution in [1.29, 1.82) is 0 Å². The van der Waals surface area contributed by atoms with Crippen molar-refractivity contribution < 1.29 is 23.1 Å². The van der Waals surface area contributed by atoms with Crippen LogP contribution in [-0.2, 0) is 9.63 Å². The molecule has 0 aliphatic carbocycles. The summed E-state index contributed by atoms with van der Waals surface area (Å²) in [6.07, 6.45) is 7.50. The fourth-order valence-corrected chi connectivity index (χ4v) is 7.02. The maximum Gasteiger partial charge on any atom is 0.247 e. The van der Waals surface area contributed by atoms with Crippen LogP contribution in [0.15, 0.2) is 55.4 Å². The molecule has 11 nitrogen and oxygen atoms in total. The van der Waals surface area contributed by atoms with Crippen LogP contribution in [0.5, 0.6) is 5.75 Å². The van der Waals surface area contributed by atoms with Crippen LogP contribution < -0.4 is 30.7 Å². The van der Waals surface area contributed by atoms with E-state index in [-0.39, 0.29) is 5.91 Å². The Labute approximate surface area is 286 Å². The van der Waals surface area contributed by atoms with E-state index in [1.165, 1.54) is 37.4 Å². The van der Waals surface area contributed by atoms with Crippen LogP contribution in [0.1, 0.15) is 57.6 Å². The molecule has 3 saturated heterocycles. The number of ether oxygens (including phenoxy) is 1. The number of piperidine rings is 2. The molecule has 0 radical (unpaired) electrons. The highest BCUT2D eigenvalue weighted by Crippen LogP contribution is 2.40. The fraction of sp³-hybridized carbons (Fsp3) is 0.472. The van der Waals surface area contributed by atoms with Gasteiger partial charge in [0.05, 0.1) is 36.8 Å². The molecule has 1 atom stereocenters. The number of likely N-dealkylation sites (tertiary alicyclic amines) is 1. The number of halogens is 2. The van der Waals surface area contributed by atoms with Crippen molar-refractivity contribution in [2.45, 2.75) is 70.1 Å². The molecule has 13 heteroatoms. The molecule has 6 rings (SSSR count). The predicted octanol–water partition coefficient (Wildman–Crippen LogP) is 5.95. The van der Waals surface area contributed by atoms with Crippen LogP contribution in [0.25, 0.3) is 0 Å². The third-order valence-electron chi connectivity index (χ3n) is 9.64. The van der Waals surface area contributed by atoms with Crippen molar-refractivity contribution >= 4 is 34.6 Å². The van der Waals surface area contributed by atoms with Gasteiger partial charge in [0.1, 0.15) is 29.5 Å². The highest BCUT2D eigenvalue weighted by Gasteiger charge is 2.31. The van der Waals surface area contributed by atoms with Crippen LogP contribution in [-0.4, -0.2) is 78.8 Å². The summed E-state index contributed by atoms with van der Waals surface area (Å²) in [7, 11) is 1.60. The second-order valence-corrected chi connectivity index (χ2v) is 13.1. The monoisotopic (exact) mass is 676 g/mol. The van der Waals surface area contributed by atoms with Gasteiger partial charge in [-0.25, -0.2) is 23.8 Å². The number of carbonyl (C=O) groups is 1. The van der Waals surface area contributed by atoms with Crippen molar-refractivity contribution in [2.24, 2.45) is 0 Å². The Morgan fingerprint density at radius 2 is 1.65 bits per heavy atom. The minimum Gasteiger partial charge on any atom is -0.494 e. The number of hydroxylamine groups is 1. The number of nitrogens with one attached hydrogen (secondary N) is 3. The molecule has 49 heavy (non-hydrogen) atoms. The quantitative estimate of drug-likeness (QED) is 0.211. The molecule has 1 aromatic heterocycles. The van der Waals surface area contributed by atoms with Crippen molar-refractivity contribution in [3.05, 3.63) is 72.6 Å². The lowest BCUT2D eigenvalue weighted by atomic mass is 9.98. The molecule has 4 heterocycles. The maximum atomic E-state index is 14.0. The van der Waals surface area contributed by atoms with Gasteiger partial charge < -0.3 is 30.5 Å². The predicted molar refractivity (Wildman–Crippen MR) is 187 cm³/mol. The van der Waals surface area contributed by atoms with E-state index in [0.717, 1.165) is 50.8 Å². The first-order valence-corrected chi connectivity index (χ1v) is 17.1. The first kappa shape index (κ1) is 34.5. The minimum atomic E-state index is -0.652. The SMILES string of the molecule is C=CC(=O)Nc1cc(Nc2cc(N3OCCC3c3cc(F)cc(F)c3)ncn2)c(OC)cc1N1CCC(NC2CCN(C(C)C)CC2)CC1. The van der Waals surface area contributed by atoms with Crippen LogP contribution in [0.2, 0.25) is 0 Å². The maximum absolute atomic E-state index is 14.0. The highest BCUT2D eigenvalue weighted by atomic mass is 19.1. The van der Waals surface area contributed by atoms with Gasteiger partial charge in [-0.1, -0.05) is 6.58 Å². The van der Waals surface area contributed by atoms with E-state index in [1.807, 2.05) is 12.1 Å². The molecule has 0 bridgehead atoms. The van der Waals surface area contributed by atoms with Gasteiger partial charge in [0.25, 0.3) is 0 Å². The molecule has 1 unspecified atom stereocenters. The van der Waals surface area contributed by atoms with Crippen molar-refractivity contribution in [1.82, 2.24) is 20.2 Å². The third-order valence-corrected chi connectivity index (χ3v) is 9.64. The van der Waals surface area contributed by atoms with Crippen LogP contribution in [0.3, 0.4) is 0 Å². The van der Waals surface area contributed by atoms with Gasteiger partial charge in [0.2, 0.25) is 5.91 Å². The minimum absolute atomic E-state index is 0.322. The summed E-state index contributed by atoms with van der Waals surface area (Å²) in [5.74, 6) is -0.210. The molecule has 0 spiro atoms. The average molecular weight is 677 g/mol. The van der Waals surface area contributed by atoms with E-state index in [4.69, 9.17) is 9.57 Å². The number of nitrogens with zero attached hydrogens (tertiary/aromatic N) is 5. The highest BCUT2D eigenvalue weighted by molar-refractivity contribution is 6.02. The zero-order valence-corrected chi connectivity index (χ0v) is 28.4. The van der Waals surface area contributed by atoms with Crippen LogP contribution >= 0.6 is 0 Å². The largest absolute Gasteiger partial charge is 0.494 e. The molecule has 3 N–H and O–H groups in total. The van der Waals surface area contributed by atoms with Crippen molar-refractivity contribution in [2.75, 3.05) is 60.5 Å². The Bertz CT molecular complexity index is 1610. The summed E-state index contributed by atoms with van der Waals surface area (Å²) >= 11 is 0. The summed E-state index contributed by atoms with van der Waals surface area (Å²) in [5, 5.41) is 11.7. The second kappa shape index (κ2) is 15.5. The molecular weight excluding hydrogens is 630 g/mol. The molecule has 3 aromatic rings. The standard InChI is InChI=1S/C36H46F2N8O3/c1-5-36(47)43-29-19-30(42-34-21-35(40-22-39-34)46-31(10-15-49-46)24-16-25(37)18-26(38)17-24)33(48-4)20-32(29)45-13-8-28(9-14-45)41-27-6-11-44(12-7-27)23(2)3/h5,16-23,27-28,31,41H,1,6-15H2,2-4H3,(H,43,47)(H,39,40,42). The Morgan fingerprint density at radius 3 is 2.31 bits per heavy atom. The molecule has 3 fully saturated rings. The van der Waals surface area contributed by atoms with Crippen molar-refractivity contribution in [3.63, 3.8) is 0 Å². The van der Waals surface area contributed by atoms with Gasteiger partial charge in [0, 0.05) is 55.8 Å². The first-order chi connectivity index (χ1) is 23.7.